The maximum absolute atomic E-state index is 12.4. The number of hydrogen-bond donors (Lipinski definition) is 1. The SMILES string of the molecule is Cc1sc(Cl)nc1C(=O)N1CCN(CC(=O)NC2CC2)CC1. The van der Waals surface area contributed by atoms with Crippen molar-refractivity contribution in [2.75, 3.05) is 32.7 Å². The van der Waals surface area contributed by atoms with Gasteiger partial charge in [-0.1, -0.05) is 11.6 Å². The third kappa shape index (κ3) is 3.77. The summed E-state index contributed by atoms with van der Waals surface area (Å²) in [7, 11) is 0. The quantitative estimate of drug-likeness (QED) is 0.891. The molecular weight excluding hydrogens is 324 g/mol. The Morgan fingerprint density at radius 2 is 2.00 bits per heavy atom. The Morgan fingerprint density at radius 3 is 2.55 bits per heavy atom. The van der Waals surface area contributed by atoms with Gasteiger partial charge in [-0.2, -0.15) is 0 Å². The average Bonchev–Trinajstić information content (AvgIpc) is 3.22. The Labute approximate surface area is 138 Å². The Hall–Kier alpha value is -1.18. The first-order valence-electron chi connectivity index (χ1n) is 7.47. The number of carbonyl (C=O) groups is 2. The number of nitrogens with zero attached hydrogens (tertiary/aromatic N) is 3. The fraction of sp³-hybridized carbons (Fsp3) is 0.643. The normalized spacial score (nSPS) is 19.3. The van der Waals surface area contributed by atoms with Crippen molar-refractivity contribution in [1.82, 2.24) is 20.1 Å². The van der Waals surface area contributed by atoms with Crippen LogP contribution in [0.5, 0.6) is 0 Å². The molecule has 8 heteroatoms. The summed E-state index contributed by atoms with van der Waals surface area (Å²) in [4.78, 5) is 33.0. The van der Waals surface area contributed by atoms with Crippen molar-refractivity contribution >= 4 is 34.8 Å². The fourth-order valence-electron chi connectivity index (χ4n) is 2.53. The van der Waals surface area contributed by atoms with Crippen LogP contribution in [0.3, 0.4) is 0 Å². The monoisotopic (exact) mass is 342 g/mol. The summed E-state index contributed by atoms with van der Waals surface area (Å²) in [5.74, 6) is 0.0205. The van der Waals surface area contributed by atoms with E-state index in [2.05, 4.69) is 15.2 Å². The molecule has 0 spiro atoms. The van der Waals surface area contributed by atoms with Crippen molar-refractivity contribution in [2.45, 2.75) is 25.8 Å². The first-order valence-corrected chi connectivity index (χ1v) is 8.66. The molecule has 0 radical (unpaired) electrons. The number of thiazole rings is 1. The second-order valence-corrected chi connectivity index (χ2v) is 7.57. The smallest absolute Gasteiger partial charge is 0.273 e. The number of rotatable bonds is 4. The third-order valence-electron chi connectivity index (χ3n) is 3.94. The van der Waals surface area contributed by atoms with Crippen molar-refractivity contribution in [3.8, 4) is 0 Å². The van der Waals surface area contributed by atoms with E-state index in [4.69, 9.17) is 11.6 Å². The van der Waals surface area contributed by atoms with Crippen LogP contribution < -0.4 is 5.32 Å². The zero-order valence-corrected chi connectivity index (χ0v) is 14.0. The second-order valence-electron chi connectivity index (χ2n) is 5.78. The molecule has 0 aromatic carbocycles. The number of aromatic nitrogens is 1. The Kier molecular flexibility index (Phi) is 4.65. The highest BCUT2D eigenvalue weighted by atomic mass is 35.5. The number of amides is 2. The molecule has 1 saturated carbocycles. The molecule has 120 valence electrons. The predicted molar refractivity (Wildman–Crippen MR) is 85.4 cm³/mol. The number of piperazine rings is 1. The molecule has 1 aromatic rings. The number of hydrogen-bond acceptors (Lipinski definition) is 5. The maximum atomic E-state index is 12.4. The standard InChI is InChI=1S/C14H19ClN4O2S/c1-9-12(17-14(15)22-9)13(21)19-6-4-18(5-7-19)8-11(20)16-10-2-3-10/h10H,2-8H2,1H3,(H,16,20). The maximum Gasteiger partial charge on any atom is 0.273 e. The zero-order chi connectivity index (χ0) is 15.7. The highest BCUT2D eigenvalue weighted by molar-refractivity contribution is 7.15. The predicted octanol–water partition coefficient (Wildman–Crippen LogP) is 1.14. The van der Waals surface area contributed by atoms with Crippen LogP contribution in [-0.4, -0.2) is 65.4 Å². The van der Waals surface area contributed by atoms with Crippen LogP contribution >= 0.6 is 22.9 Å². The molecule has 1 aliphatic carbocycles. The second kappa shape index (κ2) is 6.52. The van der Waals surface area contributed by atoms with Gasteiger partial charge in [0.25, 0.3) is 5.91 Å². The number of nitrogens with one attached hydrogen (secondary N) is 1. The van der Waals surface area contributed by atoms with Gasteiger partial charge < -0.3 is 10.2 Å². The lowest BCUT2D eigenvalue weighted by Crippen LogP contribution is -2.51. The molecule has 3 rings (SSSR count). The van der Waals surface area contributed by atoms with Crippen molar-refractivity contribution in [2.24, 2.45) is 0 Å². The van der Waals surface area contributed by atoms with Gasteiger partial charge in [0.15, 0.2) is 4.47 Å². The van der Waals surface area contributed by atoms with Crippen molar-refractivity contribution < 1.29 is 9.59 Å². The van der Waals surface area contributed by atoms with Crippen LogP contribution in [0.4, 0.5) is 0 Å². The molecule has 0 bridgehead atoms. The number of halogens is 1. The summed E-state index contributed by atoms with van der Waals surface area (Å²) in [6, 6.07) is 0.396. The molecule has 2 amide bonds. The number of aryl methyl sites for hydroxylation is 1. The van der Waals surface area contributed by atoms with Crippen LogP contribution in [0.15, 0.2) is 0 Å². The van der Waals surface area contributed by atoms with Crippen LogP contribution in [0.25, 0.3) is 0 Å². The van der Waals surface area contributed by atoms with E-state index in [1.54, 1.807) is 4.90 Å². The van der Waals surface area contributed by atoms with E-state index < -0.39 is 0 Å². The molecule has 1 saturated heterocycles. The van der Waals surface area contributed by atoms with Gasteiger partial charge >= 0.3 is 0 Å². The largest absolute Gasteiger partial charge is 0.352 e. The summed E-state index contributed by atoms with van der Waals surface area (Å²) < 4.78 is 0.399. The summed E-state index contributed by atoms with van der Waals surface area (Å²) in [5, 5.41) is 2.99. The molecule has 1 N–H and O–H groups in total. The molecule has 1 aliphatic heterocycles. The lowest BCUT2D eigenvalue weighted by Gasteiger charge is -2.34. The minimum atomic E-state index is -0.0669. The molecule has 2 fully saturated rings. The van der Waals surface area contributed by atoms with Gasteiger partial charge in [-0.05, 0) is 19.8 Å². The molecular formula is C14H19ClN4O2S. The molecule has 22 heavy (non-hydrogen) atoms. The molecule has 0 unspecified atom stereocenters. The number of carbonyl (C=O) groups excluding carboxylic acids is 2. The van der Waals surface area contributed by atoms with Gasteiger partial charge in [0.1, 0.15) is 5.69 Å². The molecule has 2 heterocycles. The van der Waals surface area contributed by atoms with Crippen molar-refractivity contribution in [3.63, 3.8) is 0 Å². The van der Waals surface area contributed by atoms with Gasteiger partial charge in [-0.25, -0.2) is 4.98 Å². The molecule has 0 atom stereocenters. The van der Waals surface area contributed by atoms with E-state index >= 15 is 0 Å². The zero-order valence-electron chi connectivity index (χ0n) is 12.5. The van der Waals surface area contributed by atoms with E-state index in [-0.39, 0.29) is 11.8 Å². The van der Waals surface area contributed by atoms with E-state index in [0.717, 1.165) is 17.7 Å². The first kappa shape index (κ1) is 15.7. The topological polar surface area (TPSA) is 65.5 Å². The van der Waals surface area contributed by atoms with Crippen molar-refractivity contribution in [1.29, 1.82) is 0 Å². The van der Waals surface area contributed by atoms with Crippen LogP contribution in [0.2, 0.25) is 4.47 Å². The van der Waals surface area contributed by atoms with Gasteiger partial charge in [-0.15, -0.1) is 11.3 Å². The van der Waals surface area contributed by atoms with E-state index in [0.29, 0.717) is 48.9 Å². The molecule has 2 aliphatic rings. The highest BCUT2D eigenvalue weighted by Crippen LogP contribution is 2.23. The first-order chi connectivity index (χ1) is 10.5. The Balaban J connectivity index is 1.49. The van der Waals surface area contributed by atoms with Crippen LogP contribution in [0, 0.1) is 6.92 Å². The molecule has 1 aromatic heterocycles. The van der Waals surface area contributed by atoms with E-state index in [1.807, 2.05) is 6.92 Å². The van der Waals surface area contributed by atoms with Gasteiger partial charge in [-0.3, -0.25) is 14.5 Å². The average molecular weight is 343 g/mol. The Bertz CT molecular complexity index is 579. The van der Waals surface area contributed by atoms with Crippen LogP contribution in [-0.2, 0) is 4.79 Å². The molecule has 6 nitrogen and oxygen atoms in total. The highest BCUT2D eigenvalue weighted by Gasteiger charge is 2.28. The fourth-order valence-corrected chi connectivity index (χ4v) is 3.58. The van der Waals surface area contributed by atoms with Gasteiger partial charge in [0.05, 0.1) is 6.54 Å². The van der Waals surface area contributed by atoms with Crippen LogP contribution in [0.1, 0.15) is 28.2 Å². The Morgan fingerprint density at radius 1 is 1.32 bits per heavy atom. The van der Waals surface area contributed by atoms with Gasteiger partial charge in [0, 0.05) is 37.1 Å². The van der Waals surface area contributed by atoms with Crippen molar-refractivity contribution in [3.05, 3.63) is 15.0 Å². The van der Waals surface area contributed by atoms with E-state index in [1.165, 1.54) is 11.3 Å². The lowest BCUT2D eigenvalue weighted by atomic mass is 10.2. The minimum Gasteiger partial charge on any atom is -0.352 e. The summed E-state index contributed by atoms with van der Waals surface area (Å²) in [5.41, 5.74) is 0.454. The lowest BCUT2D eigenvalue weighted by molar-refractivity contribution is -0.122. The summed E-state index contributed by atoms with van der Waals surface area (Å²) in [6.07, 6.45) is 2.20. The van der Waals surface area contributed by atoms with Gasteiger partial charge in [0.2, 0.25) is 5.91 Å². The summed E-state index contributed by atoms with van der Waals surface area (Å²) in [6.45, 7) is 4.92. The minimum absolute atomic E-state index is 0.0669. The van der Waals surface area contributed by atoms with E-state index in [9.17, 15) is 9.59 Å². The third-order valence-corrected chi connectivity index (χ3v) is 5.02. The summed E-state index contributed by atoms with van der Waals surface area (Å²) >= 11 is 7.19.